The number of imide groups is 1. The number of nitrogens with zero attached hydrogens (tertiary/aromatic N) is 1. The van der Waals surface area contributed by atoms with Gasteiger partial charge in [0.05, 0.1) is 18.4 Å². The topological polar surface area (TPSA) is 37.4 Å². The summed E-state index contributed by atoms with van der Waals surface area (Å²) in [6, 6.07) is 9.69. The van der Waals surface area contributed by atoms with E-state index in [-0.39, 0.29) is 23.7 Å². The number of amides is 2. The fraction of sp³-hybridized carbons (Fsp3) is 0.375. The monoisotopic (exact) mass is 255 g/mol. The van der Waals surface area contributed by atoms with E-state index in [2.05, 4.69) is 6.08 Å². The first-order valence-electron chi connectivity index (χ1n) is 6.71. The molecule has 98 valence electrons. The molecule has 0 saturated carbocycles. The van der Waals surface area contributed by atoms with Gasteiger partial charge in [0.15, 0.2) is 0 Å². The quantitative estimate of drug-likeness (QED) is 0.601. The first-order valence-corrected chi connectivity index (χ1v) is 6.71. The van der Waals surface area contributed by atoms with Gasteiger partial charge in [-0.1, -0.05) is 42.0 Å². The Balaban J connectivity index is 1.82. The lowest BCUT2D eigenvalue weighted by molar-refractivity contribution is -0.140. The van der Waals surface area contributed by atoms with Crippen LogP contribution in [0, 0.1) is 11.8 Å². The van der Waals surface area contributed by atoms with Crippen molar-refractivity contribution in [2.45, 2.75) is 26.3 Å². The van der Waals surface area contributed by atoms with Gasteiger partial charge < -0.3 is 0 Å². The van der Waals surface area contributed by atoms with Crippen LogP contribution in [-0.2, 0) is 16.1 Å². The summed E-state index contributed by atoms with van der Waals surface area (Å²) in [6.45, 7) is 2.44. The smallest absolute Gasteiger partial charge is 0.233 e. The number of hydrogen-bond acceptors (Lipinski definition) is 2. The van der Waals surface area contributed by atoms with E-state index < -0.39 is 0 Å². The van der Waals surface area contributed by atoms with Crippen molar-refractivity contribution in [3.63, 3.8) is 0 Å². The van der Waals surface area contributed by atoms with Crippen molar-refractivity contribution in [2.24, 2.45) is 11.8 Å². The average molecular weight is 255 g/mol. The summed E-state index contributed by atoms with van der Waals surface area (Å²) in [4.78, 5) is 26.2. The number of likely N-dealkylation sites (tertiary alicyclic amines) is 1. The Morgan fingerprint density at radius 2 is 1.79 bits per heavy atom. The highest BCUT2D eigenvalue weighted by atomic mass is 16.2. The maximum absolute atomic E-state index is 12.4. The van der Waals surface area contributed by atoms with Crippen LogP contribution >= 0.6 is 0 Å². The standard InChI is InChI=1S/C16H17NO2/c1-11-7-8-13-14(9-11)16(19)17(15(13)18)10-12-5-3-2-4-6-12/h2-7,13-14H,8-10H2,1H3/t13-,14-/m1/s1. The molecule has 2 aliphatic rings. The molecule has 1 aliphatic carbocycles. The van der Waals surface area contributed by atoms with E-state index in [1.54, 1.807) is 0 Å². The Morgan fingerprint density at radius 3 is 2.53 bits per heavy atom. The van der Waals surface area contributed by atoms with Crippen molar-refractivity contribution in [3.8, 4) is 0 Å². The molecule has 1 aromatic carbocycles. The summed E-state index contributed by atoms with van der Waals surface area (Å²) in [5.41, 5.74) is 2.23. The molecular formula is C16H17NO2. The van der Waals surface area contributed by atoms with Crippen LogP contribution in [0.2, 0.25) is 0 Å². The molecule has 0 aromatic heterocycles. The number of allylic oxidation sites excluding steroid dienone is 2. The van der Waals surface area contributed by atoms with Crippen molar-refractivity contribution in [1.82, 2.24) is 4.90 Å². The van der Waals surface area contributed by atoms with Crippen molar-refractivity contribution in [2.75, 3.05) is 0 Å². The molecule has 1 aromatic rings. The maximum atomic E-state index is 12.4. The molecule has 1 fully saturated rings. The predicted octanol–water partition coefficient (Wildman–Crippen LogP) is 2.53. The van der Waals surface area contributed by atoms with Gasteiger partial charge >= 0.3 is 0 Å². The second kappa shape index (κ2) is 4.65. The number of rotatable bonds is 2. The van der Waals surface area contributed by atoms with Crippen LogP contribution < -0.4 is 0 Å². The van der Waals surface area contributed by atoms with Gasteiger partial charge in [-0.3, -0.25) is 14.5 Å². The molecule has 1 heterocycles. The zero-order chi connectivity index (χ0) is 13.4. The lowest BCUT2D eigenvalue weighted by Crippen LogP contribution is -2.30. The van der Waals surface area contributed by atoms with Crippen LogP contribution in [0.3, 0.4) is 0 Å². The van der Waals surface area contributed by atoms with E-state index in [1.165, 1.54) is 10.5 Å². The van der Waals surface area contributed by atoms with Gasteiger partial charge in [-0.25, -0.2) is 0 Å². The molecule has 3 nitrogen and oxygen atoms in total. The second-order valence-corrected chi connectivity index (χ2v) is 5.45. The Bertz CT molecular complexity index is 547. The van der Waals surface area contributed by atoms with Gasteiger partial charge in [0, 0.05) is 0 Å². The fourth-order valence-corrected chi connectivity index (χ4v) is 3.03. The van der Waals surface area contributed by atoms with E-state index in [4.69, 9.17) is 0 Å². The zero-order valence-corrected chi connectivity index (χ0v) is 11.0. The van der Waals surface area contributed by atoms with Crippen molar-refractivity contribution in [1.29, 1.82) is 0 Å². The second-order valence-electron chi connectivity index (χ2n) is 5.45. The number of benzene rings is 1. The highest BCUT2D eigenvalue weighted by Gasteiger charge is 2.47. The molecule has 0 radical (unpaired) electrons. The third-order valence-electron chi connectivity index (χ3n) is 4.10. The summed E-state index contributed by atoms with van der Waals surface area (Å²) in [7, 11) is 0. The van der Waals surface area contributed by atoms with E-state index in [0.717, 1.165) is 12.0 Å². The lowest BCUT2D eigenvalue weighted by Gasteiger charge is -2.19. The first-order chi connectivity index (χ1) is 9.16. The number of fused-ring (bicyclic) bond motifs is 1. The van der Waals surface area contributed by atoms with Gasteiger partial charge in [-0.2, -0.15) is 0 Å². The Labute approximate surface area is 112 Å². The lowest BCUT2D eigenvalue weighted by atomic mass is 9.82. The normalized spacial score (nSPS) is 26.4. The van der Waals surface area contributed by atoms with Gasteiger partial charge in [0.1, 0.15) is 0 Å². The highest BCUT2D eigenvalue weighted by Crippen LogP contribution is 2.38. The van der Waals surface area contributed by atoms with Gasteiger partial charge in [-0.05, 0) is 25.3 Å². The van der Waals surface area contributed by atoms with Crippen LogP contribution in [0.5, 0.6) is 0 Å². The molecule has 2 atom stereocenters. The van der Waals surface area contributed by atoms with Gasteiger partial charge in [0.2, 0.25) is 11.8 Å². The largest absolute Gasteiger partial charge is 0.278 e. The predicted molar refractivity (Wildman–Crippen MR) is 72.0 cm³/mol. The third-order valence-corrected chi connectivity index (χ3v) is 4.10. The molecule has 2 amide bonds. The summed E-state index contributed by atoms with van der Waals surface area (Å²) < 4.78 is 0. The molecule has 3 rings (SSSR count). The van der Waals surface area contributed by atoms with Crippen LogP contribution in [-0.4, -0.2) is 16.7 Å². The van der Waals surface area contributed by atoms with Crippen LogP contribution in [0.15, 0.2) is 42.0 Å². The van der Waals surface area contributed by atoms with Crippen molar-refractivity contribution in [3.05, 3.63) is 47.5 Å². The summed E-state index contributed by atoms with van der Waals surface area (Å²) in [6.07, 6.45) is 3.55. The van der Waals surface area contributed by atoms with E-state index in [1.807, 2.05) is 37.3 Å². The molecule has 1 aliphatic heterocycles. The van der Waals surface area contributed by atoms with Crippen molar-refractivity contribution >= 4 is 11.8 Å². The summed E-state index contributed by atoms with van der Waals surface area (Å²) in [5, 5.41) is 0. The van der Waals surface area contributed by atoms with E-state index in [0.29, 0.717) is 13.0 Å². The maximum Gasteiger partial charge on any atom is 0.233 e. The Morgan fingerprint density at radius 1 is 1.11 bits per heavy atom. The number of carbonyl (C=O) groups is 2. The van der Waals surface area contributed by atoms with Crippen molar-refractivity contribution < 1.29 is 9.59 Å². The Hall–Kier alpha value is -1.90. The van der Waals surface area contributed by atoms with E-state index in [9.17, 15) is 9.59 Å². The minimum Gasteiger partial charge on any atom is -0.278 e. The van der Waals surface area contributed by atoms with Crippen LogP contribution in [0.1, 0.15) is 25.3 Å². The van der Waals surface area contributed by atoms with Crippen LogP contribution in [0.4, 0.5) is 0 Å². The molecule has 0 bridgehead atoms. The summed E-state index contributed by atoms with van der Waals surface area (Å²) >= 11 is 0. The SMILES string of the molecule is CC1=CC[C@H]2C(=O)N(Cc3ccccc3)C(=O)[C@@H]2C1. The molecule has 1 saturated heterocycles. The average Bonchev–Trinajstić information content (AvgIpc) is 2.65. The minimum absolute atomic E-state index is 0.00241. The molecule has 3 heteroatoms. The molecule has 0 unspecified atom stereocenters. The third kappa shape index (κ3) is 2.09. The minimum atomic E-state index is -0.125. The van der Waals surface area contributed by atoms with Gasteiger partial charge in [0.25, 0.3) is 0 Å². The zero-order valence-electron chi connectivity index (χ0n) is 11.0. The number of carbonyl (C=O) groups excluding carboxylic acids is 2. The Kier molecular flexibility index (Phi) is 2.97. The first kappa shape index (κ1) is 12.2. The van der Waals surface area contributed by atoms with Crippen LogP contribution in [0.25, 0.3) is 0 Å². The number of hydrogen-bond donors (Lipinski definition) is 0. The molecule has 0 spiro atoms. The fourth-order valence-electron chi connectivity index (χ4n) is 3.03. The molecule has 0 N–H and O–H groups in total. The highest BCUT2D eigenvalue weighted by molar-refractivity contribution is 6.05. The van der Waals surface area contributed by atoms with Gasteiger partial charge in [-0.15, -0.1) is 0 Å². The molecule has 19 heavy (non-hydrogen) atoms. The summed E-state index contributed by atoms with van der Waals surface area (Å²) in [5.74, 6) is -0.241. The molecular weight excluding hydrogens is 238 g/mol. The van der Waals surface area contributed by atoms with E-state index >= 15 is 0 Å².